The van der Waals surface area contributed by atoms with Crippen molar-refractivity contribution >= 4 is 86.4 Å². The summed E-state index contributed by atoms with van der Waals surface area (Å²) in [6, 6.07) is 151. The Hall–Kier alpha value is -15.5. The molecule has 0 saturated carbocycles. The summed E-state index contributed by atoms with van der Waals surface area (Å²) < 4.78 is 0. The third-order valence-corrected chi connectivity index (χ3v) is 22.5. The van der Waals surface area contributed by atoms with Gasteiger partial charge in [-0.05, 0) is 170 Å². The highest BCUT2D eigenvalue weighted by Gasteiger charge is 2.22. The zero-order valence-electron chi connectivity index (χ0n) is 63.1. The molecule has 0 atom stereocenters. The third-order valence-electron chi connectivity index (χ3n) is 22.5. The van der Waals surface area contributed by atoms with Gasteiger partial charge in [0.2, 0.25) is 0 Å². The van der Waals surface area contributed by atoms with Crippen molar-refractivity contribution in [2.24, 2.45) is 0 Å². The van der Waals surface area contributed by atoms with E-state index < -0.39 is 0 Å². The highest BCUT2D eigenvalue weighted by Crippen LogP contribution is 2.45. The van der Waals surface area contributed by atoms with Crippen LogP contribution < -0.4 is 0 Å². The van der Waals surface area contributed by atoms with Crippen LogP contribution in [0.5, 0.6) is 0 Å². The van der Waals surface area contributed by atoms with Crippen molar-refractivity contribution in [3.63, 3.8) is 0 Å². The fourth-order valence-corrected chi connectivity index (χ4v) is 16.6. The van der Waals surface area contributed by atoms with Crippen LogP contribution in [0, 0.1) is 0 Å². The van der Waals surface area contributed by atoms with Crippen molar-refractivity contribution in [3.8, 4) is 135 Å². The van der Waals surface area contributed by atoms with Crippen molar-refractivity contribution in [3.05, 3.63) is 425 Å². The highest BCUT2D eigenvalue weighted by atomic mass is 15.0. The predicted octanol–water partition coefficient (Wildman–Crippen LogP) is 29.0. The topological polar surface area (TPSA) is 77.3 Å². The van der Waals surface area contributed by atoms with Gasteiger partial charge in [-0.15, -0.1) is 0 Å². The van der Waals surface area contributed by atoms with Crippen LogP contribution in [0.15, 0.2) is 425 Å². The van der Waals surface area contributed by atoms with Crippen LogP contribution in [0.4, 0.5) is 0 Å². The number of hydrogen-bond donors (Lipinski definition) is 0. The average Bonchev–Trinajstić information content (AvgIpc) is 0.741. The molecular weight excluding hydrogens is 1410 g/mol. The Morgan fingerprint density at radius 2 is 0.379 bits per heavy atom. The molecule has 22 aromatic rings. The predicted molar refractivity (Wildman–Crippen MR) is 485 cm³/mol. The molecule has 22 rings (SSSR count). The molecule has 540 valence electrons. The first-order valence-electron chi connectivity index (χ1n) is 39.3. The summed E-state index contributed by atoms with van der Waals surface area (Å²) in [6.45, 7) is 0. The van der Waals surface area contributed by atoms with E-state index in [1.807, 2.05) is 72.8 Å². The van der Waals surface area contributed by atoms with Crippen LogP contribution in [0.3, 0.4) is 0 Å². The van der Waals surface area contributed by atoms with Crippen molar-refractivity contribution in [2.45, 2.75) is 0 Å². The van der Waals surface area contributed by atoms with E-state index in [2.05, 4.69) is 352 Å². The van der Waals surface area contributed by atoms with Gasteiger partial charge < -0.3 is 0 Å². The van der Waals surface area contributed by atoms with Gasteiger partial charge in [-0.1, -0.05) is 364 Å². The van der Waals surface area contributed by atoms with Gasteiger partial charge >= 0.3 is 0 Å². The van der Waals surface area contributed by atoms with Crippen LogP contribution in [0.2, 0.25) is 0 Å². The standard InChI is InChI=1S/C56H36N2.C54H34N4/c1-3-15-41(16-4-1)53-33-47(34-54(57-53)42-17-5-2-6-18-42)39-23-27-40(28-24-39)51-36-55(46-30-26-38-14-8-10-20-44(38)32-46)58-56-49-22-12-11-21-48(49)50(35-52(51)56)45-29-25-37-13-7-9-19-43(37)31-45;1-3-15-38(16-4-1)52-56-53(39-17-5-2-6-18-39)58-54(57-52)40-27-25-37(26-28-40)48-34-50(44-30-24-36-14-8-10-20-42(36)32-44)55-51-46-22-12-11-21-45(46)47(33-49(48)51)43-29-23-35-13-7-9-19-41(35)31-43/h1-36H;1-34H. The van der Waals surface area contributed by atoms with Gasteiger partial charge in [0.05, 0.1) is 33.8 Å². The van der Waals surface area contributed by atoms with Gasteiger partial charge in [-0.3, -0.25) is 0 Å². The van der Waals surface area contributed by atoms with Crippen LogP contribution in [0.25, 0.3) is 221 Å². The monoisotopic (exact) mass is 1470 g/mol. The fraction of sp³-hybridized carbons (Fsp3) is 0. The van der Waals surface area contributed by atoms with E-state index in [1.54, 1.807) is 0 Å². The lowest BCUT2D eigenvalue weighted by Crippen LogP contribution is -2.00. The SMILES string of the molecule is c1ccc(-c2cc(-c3ccc(-c4cc(-c5ccc6ccccc6c5)nc5c4cc(-c4ccc6ccccc6c4)c4ccccc45)cc3)cc(-c3ccccc3)n2)cc1.c1ccc(-c2nc(-c3ccccc3)nc(-c3ccc(-c4cc(-c5ccc6ccccc6c5)nc5c4cc(-c4ccc6ccccc6c4)c4ccccc45)cc3)n2)cc1. The number of aromatic nitrogens is 6. The van der Waals surface area contributed by atoms with E-state index in [-0.39, 0.29) is 0 Å². The molecule has 0 radical (unpaired) electrons. The summed E-state index contributed by atoms with van der Waals surface area (Å²) in [5.41, 5.74) is 24.4. The molecule has 0 aliphatic rings. The Morgan fingerprint density at radius 3 is 0.750 bits per heavy atom. The molecule has 6 heteroatoms. The first kappa shape index (κ1) is 68.5. The molecular formula is C110H70N6. The number of pyridine rings is 3. The summed E-state index contributed by atoms with van der Waals surface area (Å²) in [6.07, 6.45) is 0. The van der Waals surface area contributed by atoms with E-state index in [0.29, 0.717) is 17.5 Å². The molecule has 18 aromatic carbocycles. The molecule has 0 unspecified atom stereocenters. The maximum absolute atomic E-state index is 5.49. The second-order valence-electron chi connectivity index (χ2n) is 29.6. The van der Waals surface area contributed by atoms with Gasteiger partial charge in [-0.25, -0.2) is 29.9 Å². The average molecular weight is 1480 g/mol. The molecule has 0 saturated heterocycles. The summed E-state index contributed by atoms with van der Waals surface area (Å²) >= 11 is 0. The molecule has 0 spiro atoms. The smallest absolute Gasteiger partial charge is 0.164 e. The first-order valence-corrected chi connectivity index (χ1v) is 39.3. The molecule has 0 bridgehead atoms. The van der Waals surface area contributed by atoms with Gasteiger partial charge in [0.25, 0.3) is 0 Å². The van der Waals surface area contributed by atoms with E-state index in [9.17, 15) is 0 Å². The zero-order valence-corrected chi connectivity index (χ0v) is 63.1. The Morgan fingerprint density at radius 1 is 0.121 bits per heavy atom. The minimum absolute atomic E-state index is 0.625. The molecule has 116 heavy (non-hydrogen) atoms. The Balaban J connectivity index is 0.000000145. The van der Waals surface area contributed by atoms with Crippen molar-refractivity contribution in [1.82, 2.24) is 29.9 Å². The Kier molecular flexibility index (Phi) is 17.5. The van der Waals surface area contributed by atoms with E-state index in [1.165, 1.54) is 76.1 Å². The number of hydrogen-bond acceptors (Lipinski definition) is 6. The fourth-order valence-electron chi connectivity index (χ4n) is 16.6. The quantitative estimate of drug-likeness (QED) is 0.113. The highest BCUT2D eigenvalue weighted by molar-refractivity contribution is 6.18. The first-order chi connectivity index (χ1) is 57.4. The maximum Gasteiger partial charge on any atom is 0.164 e. The molecule has 0 aliphatic heterocycles. The molecule has 0 aliphatic carbocycles. The lowest BCUT2D eigenvalue weighted by molar-refractivity contribution is 1.07. The summed E-state index contributed by atoms with van der Waals surface area (Å²) in [5.74, 6) is 1.91. The van der Waals surface area contributed by atoms with Gasteiger partial charge in [-0.2, -0.15) is 0 Å². The van der Waals surface area contributed by atoms with Crippen LogP contribution >= 0.6 is 0 Å². The van der Waals surface area contributed by atoms with Gasteiger partial charge in [0, 0.05) is 60.5 Å². The van der Waals surface area contributed by atoms with E-state index >= 15 is 0 Å². The van der Waals surface area contributed by atoms with Crippen molar-refractivity contribution in [1.29, 1.82) is 0 Å². The molecule has 6 nitrogen and oxygen atoms in total. The van der Waals surface area contributed by atoms with Crippen LogP contribution in [-0.2, 0) is 0 Å². The molecule has 4 aromatic heterocycles. The van der Waals surface area contributed by atoms with E-state index in [0.717, 1.165) is 128 Å². The lowest BCUT2D eigenvalue weighted by atomic mass is 9.90. The minimum atomic E-state index is 0.625. The summed E-state index contributed by atoms with van der Waals surface area (Å²) in [5, 5.41) is 16.6. The normalized spacial score (nSPS) is 11.4. The van der Waals surface area contributed by atoms with Crippen molar-refractivity contribution < 1.29 is 0 Å². The second kappa shape index (κ2) is 29.6. The zero-order chi connectivity index (χ0) is 76.8. The van der Waals surface area contributed by atoms with Crippen molar-refractivity contribution in [2.75, 3.05) is 0 Å². The Labute approximate surface area is 671 Å². The van der Waals surface area contributed by atoms with Crippen LogP contribution in [-0.4, -0.2) is 29.9 Å². The molecule has 0 N–H and O–H groups in total. The number of rotatable bonds is 12. The van der Waals surface area contributed by atoms with E-state index in [4.69, 9.17) is 29.9 Å². The second-order valence-corrected chi connectivity index (χ2v) is 29.6. The molecule has 0 fully saturated rings. The minimum Gasteiger partial charge on any atom is -0.248 e. The number of nitrogens with zero attached hydrogens (tertiary/aromatic N) is 6. The molecule has 4 heterocycles. The number of benzene rings is 18. The third kappa shape index (κ3) is 13.2. The maximum atomic E-state index is 5.49. The largest absolute Gasteiger partial charge is 0.248 e. The van der Waals surface area contributed by atoms with Gasteiger partial charge in [0.1, 0.15) is 0 Å². The lowest BCUT2D eigenvalue weighted by Gasteiger charge is -2.17. The van der Waals surface area contributed by atoms with Gasteiger partial charge in [0.15, 0.2) is 17.5 Å². The summed E-state index contributed by atoms with van der Waals surface area (Å²) in [7, 11) is 0. The summed E-state index contributed by atoms with van der Waals surface area (Å²) in [4.78, 5) is 31.0. The van der Waals surface area contributed by atoms with Crippen LogP contribution in [0.1, 0.15) is 0 Å². The Bertz CT molecular complexity index is 6970. The number of fused-ring (bicyclic) bond motifs is 10. The molecule has 0 amide bonds.